The predicted molar refractivity (Wildman–Crippen MR) is 95.8 cm³/mol. The molecule has 128 valence electrons. The Labute approximate surface area is 149 Å². The minimum absolute atomic E-state index is 0.183. The van der Waals surface area contributed by atoms with E-state index in [2.05, 4.69) is 16.0 Å². The molecule has 1 aliphatic heterocycles. The van der Waals surface area contributed by atoms with Gasteiger partial charge in [0.05, 0.1) is 17.7 Å². The molecule has 1 atom stereocenters. The minimum atomic E-state index is -0.958. The SMILES string of the molecule is Cc1ccc(NC(=O)CC2NC(=O)c3ccccc3NC2=O)cc1Cl. The van der Waals surface area contributed by atoms with Crippen LogP contribution in [-0.2, 0) is 9.59 Å². The molecular formula is C18H16ClN3O3. The van der Waals surface area contributed by atoms with Gasteiger partial charge in [-0.3, -0.25) is 14.4 Å². The third kappa shape index (κ3) is 3.80. The van der Waals surface area contributed by atoms with E-state index >= 15 is 0 Å². The van der Waals surface area contributed by atoms with Crippen molar-refractivity contribution in [2.45, 2.75) is 19.4 Å². The molecule has 0 radical (unpaired) electrons. The van der Waals surface area contributed by atoms with Gasteiger partial charge >= 0.3 is 0 Å². The molecule has 1 heterocycles. The minimum Gasteiger partial charge on any atom is -0.340 e. The van der Waals surface area contributed by atoms with Gasteiger partial charge < -0.3 is 16.0 Å². The Morgan fingerprint density at radius 1 is 1.20 bits per heavy atom. The summed E-state index contributed by atoms with van der Waals surface area (Å²) in [4.78, 5) is 36.7. The van der Waals surface area contributed by atoms with E-state index in [0.717, 1.165) is 5.56 Å². The summed E-state index contributed by atoms with van der Waals surface area (Å²) in [5.74, 6) is -1.23. The molecular weight excluding hydrogens is 342 g/mol. The van der Waals surface area contributed by atoms with Gasteiger partial charge in [0, 0.05) is 10.7 Å². The summed E-state index contributed by atoms with van der Waals surface area (Å²) in [5.41, 5.74) is 2.22. The molecule has 25 heavy (non-hydrogen) atoms. The largest absolute Gasteiger partial charge is 0.340 e. The van der Waals surface area contributed by atoms with E-state index in [9.17, 15) is 14.4 Å². The zero-order valence-corrected chi connectivity index (χ0v) is 14.2. The zero-order chi connectivity index (χ0) is 18.0. The van der Waals surface area contributed by atoms with Crippen molar-refractivity contribution < 1.29 is 14.4 Å². The van der Waals surface area contributed by atoms with Gasteiger partial charge in [-0.05, 0) is 36.8 Å². The molecule has 1 unspecified atom stereocenters. The highest BCUT2D eigenvalue weighted by atomic mass is 35.5. The van der Waals surface area contributed by atoms with Crippen molar-refractivity contribution in [2.75, 3.05) is 10.6 Å². The second-order valence-electron chi connectivity index (χ2n) is 5.78. The average molecular weight is 358 g/mol. The van der Waals surface area contributed by atoms with Gasteiger partial charge in [-0.1, -0.05) is 29.8 Å². The quantitative estimate of drug-likeness (QED) is 0.789. The van der Waals surface area contributed by atoms with Crippen LogP contribution in [0.15, 0.2) is 42.5 Å². The molecule has 7 heteroatoms. The fourth-order valence-corrected chi connectivity index (χ4v) is 2.70. The van der Waals surface area contributed by atoms with Gasteiger partial charge in [0.25, 0.3) is 5.91 Å². The highest BCUT2D eigenvalue weighted by Crippen LogP contribution is 2.21. The Kier molecular flexibility index (Phi) is 4.72. The number of para-hydroxylation sites is 1. The molecule has 0 bridgehead atoms. The Bertz CT molecular complexity index is 866. The van der Waals surface area contributed by atoms with Gasteiger partial charge in [0.1, 0.15) is 6.04 Å². The number of amides is 3. The first-order valence-corrected chi connectivity index (χ1v) is 8.08. The first-order valence-electron chi connectivity index (χ1n) is 7.71. The van der Waals surface area contributed by atoms with Crippen LogP contribution in [0.5, 0.6) is 0 Å². The van der Waals surface area contributed by atoms with E-state index < -0.39 is 23.8 Å². The number of nitrogens with one attached hydrogen (secondary N) is 3. The highest BCUT2D eigenvalue weighted by Gasteiger charge is 2.29. The van der Waals surface area contributed by atoms with E-state index in [1.807, 2.05) is 6.92 Å². The third-order valence-electron chi connectivity index (χ3n) is 3.90. The number of benzene rings is 2. The number of fused-ring (bicyclic) bond motifs is 1. The molecule has 3 rings (SSSR count). The van der Waals surface area contributed by atoms with Crippen molar-refractivity contribution in [1.29, 1.82) is 0 Å². The highest BCUT2D eigenvalue weighted by molar-refractivity contribution is 6.31. The Morgan fingerprint density at radius 2 is 1.96 bits per heavy atom. The molecule has 0 aliphatic carbocycles. The number of hydrogen-bond acceptors (Lipinski definition) is 3. The van der Waals surface area contributed by atoms with Crippen LogP contribution in [-0.4, -0.2) is 23.8 Å². The number of rotatable bonds is 3. The van der Waals surface area contributed by atoms with Crippen molar-refractivity contribution in [3.63, 3.8) is 0 Å². The van der Waals surface area contributed by atoms with Crippen molar-refractivity contribution in [3.05, 3.63) is 58.6 Å². The van der Waals surface area contributed by atoms with Gasteiger partial charge in [-0.25, -0.2) is 0 Å². The second-order valence-corrected chi connectivity index (χ2v) is 6.18. The lowest BCUT2D eigenvalue weighted by Gasteiger charge is -2.14. The summed E-state index contributed by atoms with van der Waals surface area (Å²) in [5, 5.41) is 8.46. The summed E-state index contributed by atoms with van der Waals surface area (Å²) >= 11 is 6.03. The van der Waals surface area contributed by atoms with Crippen molar-refractivity contribution in [1.82, 2.24) is 5.32 Å². The monoisotopic (exact) mass is 357 g/mol. The van der Waals surface area contributed by atoms with Crippen molar-refractivity contribution in [3.8, 4) is 0 Å². The fraction of sp³-hybridized carbons (Fsp3) is 0.167. The lowest BCUT2D eigenvalue weighted by molar-refractivity contribution is -0.122. The first kappa shape index (κ1) is 17.0. The van der Waals surface area contributed by atoms with E-state index in [1.165, 1.54) is 0 Å². The number of carbonyl (C=O) groups is 3. The van der Waals surface area contributed by atoms with Crippen molar-refractivity contribution >= 4 is 40.7 Å². The maximum atomic E-state index is 12.3. The van der Waals surface area contributed by atoms with E-state index in [-0.39, 0.29) is 6.42 Å². The summed E-state index contributed by atoms with van der Waals surface area (Å²) in [7, 11) is 0. The summed E-state index contributed by atoms with van der Waals surface area (Å²) in [6, 6.07) is 10.9. The lowest BCUT2D eigenvalue weighted by Crippen LogP contribution is -2.43. The van der Waals surface area contributed by atoms with Crippen LogP contribution < -0.4 is 16.0 Å². The summed E-state index contributed by atoms with van der Waals surface area (Å²) in [6.45, 7) is 1.86. The van der Waals surface area contributed by atoms with Crippen LogP contribution in [0.4, 0.5) is 11.4 Å². The number of aryl methyl sites for hydroxylation is 1. The first-order chi connectivity index (χ1) is 11.9. The molecule has 3 amide bonds. The summed E-state index contributed by atoms with van der Waals surface area (Å²) < 4.78 is 0. The lowest BCUT2D eigenvalue weighted by atomic mass is 10.1. The van der Waals surface area contributed by atoms with Gasteiger partial charge in [0.2, 0.25) is 11.8 Å². The number of anilines is 2. The Balaban J connectivity index is 1.70. The molecule has 3 N–H and O–H groups in total. The van der Waals surface area contributed by atoms with Crippen LogP contribution in [0.1, 0.15) is 22.3 Å². The van der Waals surface area contributed by atoms with Crippen LogP contribution in [0.2, 0.25) is 5.02 Å². The maximum Gasteiger partial charge on any atom is 0.254 e. The second kappa shape index (κ2) is 6.94. The predicted octanol–water partition coefficient (Wildman–Crippen LogP) is 2.73. The maximum absolute atomic E-state index is 12.3. The fourth-order valence-electron chi connectivity index (χ4n) is 2.52. The smallest absolute Gasteiger partial charge is 0.254 e. The number of halogens is 1. The molecule has 2 aromatic carbocycles. The van der Waals surface area contributed by atoms with Gasteiger partial charge in [-0.15, -0.1) is 0 Å². The number of hydrogen-bond donors (Lipinski definition) is 3. The summed E-state index contributed by atoms with van der Waals surface area (Å²) in [6.07, 6.45) is -0.183. The van der Waals surface area contributed by atoms with E-state index in [1.54, 1.807) is 42.5 Å². The standard InChI is InChI=1S/C18H16ClN3O3/c1-10-6-7-11(8-13(10)19)20-16(23)9-15-18(25)21-14-5-3-2-4-12(14)17(24)22-15/h2-8,15H,9H2,1H3,(H,20,23)(H,21,25)(H,22,24). The normalized spacial score (nSPS) is 16.3. The molecule has 0 fully saturated rings. The van der Waals surface area contributed by atoms with Crippen LogP contribution in [0, 0.1) is 6.92 Å². The van der Waals surface area contributed by atoms with Gasteiger partial charge in [-0.2, -0.15) is 0 Å². The molecule has 1 aliphatic rings. The van der Waals surface area contributed by atoms with E-state index in [4.69, 9.17) is 11.6 Å². The third-order valence-corrected chi connectivity index (χ3v) is 4.30. The molecule has 2 aromatic rings. The molecule has 0 aromatic heterocycles. The van der Waals surface area contributed by atoms with Gasteiger partial charge in [0.15, 0.2) is 0 Å². The van der Waals surface area contributed by atoms with Crippen LogP contribution in [0.3, 0.4) is 0 Å². The van der Waals surface area contributed by atoms with E-state index in [0.29, 0.717) is 22.0 Å². The zero-order valence-electron chi connectivity index (χ0n) is 13.4. The van der Waals surface area contributed by atoms with Crippen LogP contribution >= 0.6 is 11.6 Å². The Morgan fingerprint density at radius 3 is 2.72 bits per heavy atom. The average Bonchev–Trinajstić information content (AvgIpc) is 2.68. The van der Waals surface area contributed by atoms with Crippen molar-refractivity contribution in [2.24, 2.45) is 0 Å². The van der Waals surface area contributed by atoms with Crippen LogP contribution in [0.25, 0.3) is 0 Å². The molecule has 0 spiro atoms. The molecule has 0 saturated heterocycles. The number of carbonyl (C=O) groups excluding carboxylic acids is 3. The molecule has 6 nitrogen and oxygen atoms in total. The Hall–Kier alpha value is -2.86. The topological polar surface area (TPSA) is 87.3 Å². The molecule has 0 saturated carbocycles.